The Bertz CT molecular complexity index is 626. The van der Waals surface area contributed by atoms with Gasteiger partial charge in [0.2, 0.25) is 5.91 Å². The van der Waals surface area contributed by atoms with Crippen LogP contribution in [0.5, 0.6) is 0 Å². The third-order valence-electron chi connectivity index (χ3n) is 4.63. The molecule has 0 spiro atoms. The van der Waals surface area contributed by atoms with E-state index >= 15 is 0 Å². The number of halogens is 2. The second-order valence-electron chi connectivity index (χ2n) is 6.47. The lowest BCUT2D eigenvalue weighted by Gasteiger charge is -2.27. The summed E-state index contributed by atoms with van der Waals surface area (Å²) in [5.41, 5.74) is 0.607. The molecule has 26 heavy (non-hydrogen) atoms. The normalized spacial score (nSPS) is 20.9. The van der Waals surface area contributed by atoms with Gasteiger partial charge in [-0.05, 0) is 24.6 Å². The molecule has 2 aliphatic heterocycles. The van der Waals surface area contributed by atoms with Crippen molar-refractivity contribution < 1.29 is 9.59 Å². The number of hydrogen-bond acceptors (Lipinski definition) is 4. The number of benzene rings is 1. The first-order valence-electron chi connectivity index (χ1n) is 8.77. The second kappa shape index (κ2) is 10.4. The van der Waals surface area contributed by atoms with E-state index in [1.165, 1.54) is 0 Å². The van der Waals surface area contributed by atoms with Gasteiger partial charge in [0.15, 0.2) is 0 Å². The monoisotopic (exact) mass is 417 g/mol. The van der Waals surface area contributed by atoms with Crippen LogP contribution in [0.25, 0.3) is 0 Å². The standard InChI is InChI=1S/C18H24ClN3O2S.ClH/c19-15-4-1-3-14(11-15)18(24)22-7-2-6-21(8-9-22)17(23)12-16-13-25-10-5-20-16;/h1,3-4,11,16,20H,2,5-10,12-13H2;1H. The molecule has 1 aromatic carbocycles. The Kier molecular flexibility index (Phi) is 8.54. The molecule has 1 unspecified atom stereocenters. The largest absolute Gasteiger partial charge is 0.341 e. The maximum Gasteiger partial charge on any atom is 0.253 e. The van der Waals surface area contributed by atoms with E-state index in [2.05, 4.69) is 5.32 Å². The third-order valence-corrected chi connectivity index (χ3v) is 5.99. The number of rotatable bonds is 3. The van der Waals surface area contributed by atoms with Crippen LogP contribution in [0.2, 0.25) is 5.02 Å². The highest BCUT2D eigenvalue weighted by Gasteiger charge is 2.25. The smallest absolute Gasteiger partial charge is 0.253 e. The number of amides is 2. The van der Waals surface area contributed by atoms with Crippen LogP contribution in [0.15, 0.2) is 24.3 Å². The molecule has 0 bridgehead atoms. The zero-order valence-corrected chi connectivity index (χ0v) is 17.0. The Hall–Kier alpha value is -0.950. The third kappa shape index (κ3) is 5.78. The van der Waals surface area contributed by atoms with Gasteiger partial charge in [-0.3, -0.25) is 9.59 Å². The summed E-state index contributed by atoms with van der Waals surface area (Å²) >= 11 is 7.89. The summed E-state index contributed by atoms with van der Waals surface area (Å²) in [6, 6.07) is 7.31. The number of nitrogens with zero attached hydrogens (tertiary/aromatic N) is 2. The zero-order chi connectivity index (χ0) is 17.6. The predicted molar refractivity (Wildman–Crippen MR) is 110 cm³/mol. The number of carbonyl (C=O) groups is 2. The minimum atomic E-state index is -0.0119. The summed E-state index contributed by atoms with van der Waals surface area (Å²) in [4.78, 5) is 29.0. The van der Waals surface area contributed by atoms with E-state index in [-0.39, 0.29) is 30.3 Å². The molecule has 1 aromatic rings. The highest BCUT2D eigenvalue weighted by molar-refractivity contribution is 7.99. The van der Waals surface area contributed by atoms with Gasteiger partial charge < -0.3 is 15.1 Å². The number of carbonyl (C=O) groups excluding carboxylic acids is 2. The van der Waals surface area contributed by atoms with Crippen molar-refractivity contribution in [2.45, 2.75) is 18.9 Å². The topological polar surface area (TPSA) is 52.7 Å². The van der Waals surface area contributed by atoms with Crippen molar-refractivity contribution in [2.75, 3.05) is 44.2 Å². The van der Waals surface area contributed by atoms with Gasteiger partial charge in [-0.15, -0.1) is 12.4 Å². The van der Waals surface area contributed by atoms with Gasteiger partial charge in [0.05, 0.1) is 0 Å². The molecule has 2 aliphatic rings. The molecule has 2 saturated heterocycles. The summed E-state index contributed by atoms with van der Waals surface area (Å²) in [6.45, 7) is 3.55. The molecule has 0 aromatic heterocycles. The fourth-order valence-corrected chi connectivity index (χ4v) is 4.40. The molecule has 2 amide bonds. The molecule has 3 rings (SSSR count). The van der Waals surface area contributed by atoms with Crippen molar-refractivity contribution in [1.29, 1.82) is 0 Å². The lowest BCUT2D eigenvalue weighted by molar-refractivity contribution is -0.131. The summed E-state index contributed by atoms with van der Waals surface area (Å²) < 4.78 is 0. The fourth-order valence-electron chi connectivity index (χ4n) is 3.26. The van der Waals surface area contributed by atoms with Crippen molar-refractivity contribution in [2.24, 2.45) is 0 Å². The average Bonchev–Trinajstić information content (AvgIpc) is 2.88. The van der Waals surface area contributed by atoms with E-state index in [1.54, 1.807) is 24.3 Å². The van der Waals surface area contributed by atoms with Crippen molar-refractivity contribution in [3.05, 3.63) is 34.9 Å². The second-order valence-corrected chi connectivity index (χ2v) is 8.05. The van der Waals surface area contributed by atoms with Crippen LogP contribution < -0.4 is 5.32 Å². The lowest BCUT2D eigenvalue weighted by atomic mass is 10.2. The highest BCUT2D eigenvalue weighted by atomic mass is 35.5. The van der Waals surface area contributed by atoms with Crippen LogP contribution in [0.1, 0.15) is 23.2 Å². The molecule has 5 nitrogen and oxygen atoms in total. The van der Waals surface area contributed by atoms with Gasteiger partial charge >= 0.3 is 0 Å². The van der Waals surface area contributed by atoms with Crippen molar-refractivity contribution in [3.8, 4) is 0 Å². The molecule has 0 radical (unpaired) electrons. The summed E-state index contributed by atoms with van der Waals surface area (Å²) in [6.07, 6.45) is 1.36. The number of nitrogens with one attached hydrogen (secondary N) is 1. The summed E-state index contributed by atoms with van der Waals surface area (Å²) in [5.74, 6) is 2.30. The van der Waals surface area contributed by atoms with E-state index in [0.29, 0.717) is 36.6 Å². The quantitative estimate of drug-likeness (QED) is 0.820. The summed E-state index contributed by atoms with van der Waals surface area (Å²) in [7, 11) is 0. The van der Waals surface area contributed by atoms with E-state index < -0.39 is 0 Å². The van der Waals surface area contributed by atoms with Crippen LogP contribution >= 0.6 is 35.8 Å². The molecule has 2 heterocycles. The minimum absolute atomic E-state index is 0. The van der Waals surface area contributed by atoms with Gasteiger partial charge in [0, 0.05) is 67.3 Å². The Labute approximate surface area is 170 Å². The van der Waals surface area contributed by atoms with E-state index in [9.17, 15) is 9.59 Å². The number of hydrogen-bond donors (Lipinski definition) is 1. The van der Waals surface area contributed by atoms with Gasteiger partial charge in [-0.25, -0.2) is 0 Å². The molecule has 144 valence electrons. The first-order valence-corrected chi connectivity index (χ1v) is 10.3. The maximum absolute atomic E-state index is 12.6. The van der Waals surface area contributed by atoms with Gasteiger partial charge in [-0.1, -0.05) is 17.7 Å². The molecule has 0 aliphatic carbocycles. The van der Waals surface area contributed by atoms with Gasteiger partial charge in [0.1, 0.15) is 0 Å². The SMILES string of the molecule is Cl.O=C(CC1CSCCN1)N1CCCN(C(=O)c2cccc(Cl)c2)CC1. The van der Waals surface area contributed by atoms with Crippen LogP contribution in [0.4, 0.5) is 0 Å². The highest BCUT2D eigenvalue weighted by Crippen LogP contribution is 2.16. The van der Waals surface area contributed by atoms with Crippen molar-refractivity contribution in [1.82, 2.24) is 15.1 Å². The van der Waals surface area contributed by atoms with E-state index in [1.807, 2.05) is 21.6 Å². The number of thioether (sulfide) groups is 1. The molecule has 0 saturated carbocycles. The van der Waals surface area contributed by atoms with Gasteiger partial charge in [-0.2, -0.15) is 11.8 Å². The minimum Gasteiger partial charge on any atom is -0.341 e. The Morgan fingerprint density at radius 1 is 1.19 bits per heavy atom. The zero-order valence-electron chi connectivity index (χ0n) is 14.7. The van der Waals surface area contributed by atoms with Crippen molar-refractivity contribution >= 4 is 47.6 Å². The Balaban J connectivity index is 0.00000243. The Morgan fingerprint density at radius 3 is 2.69 bits per heavy atom. The van der Waals surface area contributed by atoms with Crippen LogP contribution in [0, 0.1) is 0 Å². The molecule has 1 N–H and O–H groups in total. The maximum atomic E-state index is 12.6. The van der Waals surface area contributed by atoms with Crippen LogP contribution in [0.3, 0.4) is 0 Å². The molecular formula is C18H25Cl2N3O2S. The molecular weight excluding hydrogens is 393 g/mol. The lowest BCUT2D eigenvalue weighted by Crippen LogP contribution is -2.43. The first kappa shape index (κ1) is 21.4. The van der Waals surface area contributed by atoms with Gasteiger partial charge in [0.25, 0.3) is 5.91 Å². The molecule has 8 heteroatoms. The Morgan fingerprint density at radius 2 is 1.96 bits per heavy atom. The average molecular weight is 418 g/mol. The molecule has 2 fully saturated rings. The van der Waals surface area contributed by atoms with Crippen LogP contribution in [-0.4, -0.2) is 71.9 Å². The predicted octanol–water partition coefficient (Wildman–Crippen LogP) is 2.53. The summed E-state index contributed by atoms with van der Waals surface area (Å²) in [5, 5.41) is 3.98. The fraction of sp³-hybridized carbons (Fsp3) is 0.556. The van der Waals surface area contributed by atoms with Crippen LogP contribution in [-0.2, 0) is 4.79 Å². The van der Waals surface area contributed by atoms with E-state index in [4.69, 9.17) is 11.6 Å². The first-order chi connectivity index (χ1) is 12.1. The van der Waals surface area contributed by atoms with E-state index in [0.717, 1.165) is 31.0 Å². The molecule has 1 atom stereocenters. The van der Waals surface area contributed by atoms with Crippen molar-refractivity contribution in [3.63, 3.8) is 0 Å².